The molecule has 1 unspecified atom stereocenters. The quantitative estimate of drug-likeness (QED) is 0.681. The van der Waals surface area contributed by atoms with Crippen molar-refractivity contribution >= 4 is 12.4 Å². The molecule has 1 saturated heterocycles. The van der Waals surface area contributed by atoms with Gasteiger partial charge in [0.15, 0.2) is 0 Å². The smallest absolute Gasteiger partial charge is 0.491 e. The van der Waals surface area contributed by atoms with Gasteiger partial charge in [-0.1, -0.05) is 12.1 Å². The van der Waals surface area contributed by atoms with Crippen LogP contribution in [0, 0.1) is 0 Å². The van der Waals surface area contributed by atoms with Crippen molar-refractivity contribution in [3.05, 3.63) is 24.3 Å². The molecule has 1 aromatic carbocycles. The zero-order chi connectivity index (χ0) is 12.3. The van der Waals surface area contributed by atoms with E-state index in [1.165, 1.54) is 12.1 Å². The van der Waals surface area contributed by atoms with E-state index in [-0.39, 0.29) is 57.5 Å². The average molecular weight is 284 g/mol. The minimum absolute atomic E-state index is 0. The first kappa shape index (κ1) is 16.5. The molecule has 0 amide bonds. The summed E-state index contributed by atoms with van der Waals surface area (Å²) in [6.07, 6.45) is 2.04. The SMILES string of the molecule is F[B-](F)(F)c1ccc(OCC2CCCO2)cc1.[K+]. The molecule has 0 radical (unpaired) electrons. The Bertz CT molecular complexity index is 364. The van der Waals surface area contributed by atoms with Gasteiger partial charge in [0.05, 0.1) is 6.10 Å². The molecular formula is C11H13BF3KO2. The minimum atomic E-state index is -4.92. The fourth-order valence-corrected chi connectivity index (χ4v) is 1.75. The van der Waals surface area contributed by atoms with Gasteiger partial charge in [0.2, 0.25) is 0 Å². The zero-order valence-corrected chi connectivity index (χ0v) is 13.4. The van der Waals surface area contributed by atoms with Crippen molar-refractivity contribution in [2.24, 2.45) is 0 Å². The Morgan fingerprint density at radius 1 is 1.22 bits per heavy atom. The third-order valence-electron chi connectivity index (χ3n) is 2.72. The first-order valence-electron chi connectivity index (χ1n) is 5.60. The summed E-state index contributed by atoms with van der Waals surface area (Å²) in [5.74, 6) is 0.448. The van der Waals surface area contributed by atoms with Crippen LogP contribution in [0.2, 0.25) is 0 Å². The van der Waals surface area contributed by atoms with Gasteiger partial charge >= 0.3 is 58.4 Å². The van der Waals surface area contributed by atoms with E-state index in [2.05, 4.69) is 0 Å². The Morgan fingerprint density at radius 2 is 1.89 bits per heavy atom. The Balaban J connectivity index is 0.00000162. The van der Waals surface area contributed by atoms with Crippen LogP contribution in [0.1, 0.15) is 12.8 Å². The third-order valence-corrected chi connectivity index (χ3v) is 2.72. The van der Waals surface area contributed by atoms with E-state index >= 15 is 0 Å². The standard InChI is InChI=1S/C11H13BF3O2.K/c13-12(14,15)9-3-5-10(6-4-9)17-8-11-2-1-7-16-11;/h3-6,11H,1-2,7-8H2;/q-1;+1. The van der Waals surface area contributed by atoms with Crippen LogP contribution in [0.4, 0.5) is 12.9 Å². The Morgan fingerprint density at radius 3 is 2.39 bits per heavy atom. The predicted molar refractivity (Wildman–Crippen MR) is 59.6 cm³/mol. The summed E-state index contributed by atoms with van der Waals surface area (Å²) in [5, 5.41) is 0. The van der Waals surface area contributed by atoms with Crippen molar-refractivity contribution in [3.8, 4) is 5.75 Å². The normalized spacial score (nSPS) is 19.4. The number of rotatable bonds is 4. The minimum Gasteiger partial charge on any atom is -0.491 e. The fraction of sp³-hybridized carbons (Fsp3) is 0.455. The molecule has 0 N–H and O–H groups in total. The number of hydrogen-bond acceptors (Lipinski definition) is 2. The molecule has 1 heterocycles. The first-order valence-corrected chi connectivity index (χ1v) is 5.60. The Kier molecular flexibility index (Phi) is 6.71. The van der Waals surface area contributed by atoms with Crippen molar-refractivity contribution in [2.75, 3.05) is 13.2 Å². The molecule has 1 aromatic rings. The first-order chi connectivity index (χ1) is 8.05. The maximum Gasteiger partial charge on any atom is 1.00 e. The number of ether oxygens (including phenoxy) is 2. The van der Waals surface area contributed by atoms with Crippen LogP contribution in [0.5, 0.6) is 5.75 Å². The van der Waals surface area contributed by atoms with Crippen LogP contribution >= 0.6 is 0 Å². The van der Waals surface area contributed by atoms with Gasteiger partial charge in [-0.05, 0) is 25.0 Å². The van der Waals surface area contributed by atoms with E-state index in [9.17, 15) is 12.9 Å². The molecule has 94 valence electrons. The van der Waals surface area contributed by atoms with Gasteiger partial charge in [-0.3, -0.25) is 0 Å². The molecule has 0 spiro atoms. The van der Waals surface area contributed by atoms with E-state index in [0.717, 1.165) is 31.6 Å². The second-order valence-corrected chi connectivity index (χ2v) is 4.09. The molecular weight excluding hydrogens is 271 g/mol. The molecule has 1 atom stereocenters. The molecule has 0 bridgehead atoms. The van der Waals surface area contributed by atoms with Crippen molar-refractivity contribution in [3.63, 3.8) is 0 Å². The molecule has 2 rings (SSSR count). The van der Waals surface area contributed by atoms with Gasteiger partial charge in [0.25, 0.3) is 0 Å². The number of hydrogen-bond donors (Lipinski definition) is 0. The third kappa shape index (κ3) is 4.86. The van der Waals surface area contributed by atoms with Crippen LogP contribution in [0.3, 0.4) is 0 Å². The van der Waals surface area contributed by atoms with Crippen molar-refractivity contribution < 1.29 is 73.8 Å². The van der Waals surface area contributed by atoms with Gasteiger partial charge in [-0.2, -0.15) is 0 Å². The topological polar surface area (TPSA) is 18.5 Å². The fourth-order valence-electron chi connectivity index (χ4n) is 1.75. The largest absolute Gasteiger partial charge is 1.00 e. The predicted octanol–water partition coefficient (Wildman–Crippen LogP) is -0.697. The van der Waals surface area contributed by atoms with Crippen molar-refractivity contribution in [1.29, 1.82) is 0 Å². The van der Waals surface area contributed by atoms with Gasteiger partial charge in [0, 0.05) is 6.61 Å². The molecule has 0 aromatic heterocycles. The van der Waals surface area contributed by atoms with Crippen LogP contribution < -0.4 is 61.6 Å². The van der Waals surface area contributed by atoms with Gasteiger partial charge in [-0.25, -0.2) is 0 Å². The molecule has 1 fully saturated rings. The monoisotopic (exact) mass is 284 g/mol. The van der Waals surface area contributed by atoms with Gasteiger partial charge in [-0.15, -0.1) is 5.46 Å². The summed E-state index contributed by atoms with van der Waals surface area (Å²) in [7, 11) is 0. The second-order valence-electron chi connectivity index (χ2n) is 4.09. The maximum atomic E-state index is 12.4. The van der Waals surface area contributed by atoms with Gasteiger partial charge in [0.1, 0.15) is 12.4 Å². The van der Waals surface area contributed by atoms with Crippen molar-refractivity contribution in [1.82, 2.24) is 0 Å². The van der Waals surface area contributed by atoms with Crippen molar-refractivity contribution in [2.45, 2.75) is 18.9 Å². The van der Waals surface area contributed by atoms with E-state index in [0.29, 0.717) is 12.4 Å². The van der Waals surface area contributed by atoms with Crippen LogP contribution in [-0.4, -0.2) is 26.3 Å². The zero-order valence-electron chi connectivity index (χ0n) is 10.2. The molecule has 1 aliphatic rings. The van der Waals surface area contributed by atoms with E-state index < -0.39 is 12.4 Å². The molecule has 2 nitrogen and oxygen atoms in total. The van der Waals surface area contributed by atoms with E-state index in [1.807, 2.05) is 0 Å². The Labute approximate surface area is 147 Å². The molecule has 1 aliphatic heterocycles. The summed E-state index contributed by atoms with van der Waals surface area (Å²) in [5.41, 5.74) is -0.602. The van der Waals surface area contributed by atoms with Gasteiger partial charge < -0.3 is 22.4 Å². The average Bonchev–Trinajstić information content (AvgIpc) is 2.78. The Hall–Kier alpha value is 0.471. The summed E-state index contributed by atoms with van der Waals surface area (Å²) >= 11 is 0. The second kappa shape index (κ2) is 7.31. The molecule has 7 heteroatoms. The molecule has 0 aliphatic carbocycles. The summed E-state index contributed by atoms with van der Waals surface area (Å²) in [4.78, 5) is 0. The molecule has 18 heavy (non-hydrogen) atoms. The van der Waals surface area contributed by atoms with E-state index in [4.69, 9.17) is 9.47 Å². The summed E-state index contributed by atoms with van der Waals surface area (Å²) in [6, 6.07) is 4.79. The summed E-state index contributed by atoms with van der Waals surface area (Å²) in [6.45, 7) is -3.78. The summed E-state index contributed by atoms with van der Waals surface area (Å²) < 4.78 is 47.8. The van der Waals surface area contributed by atoms with Crippen LogP contribution in [0.15, 0.2) is 24.3 Å². The molecule has 0 saturated carbocycles. The number of halogens is 3. The number of benzene rings is 1. The maximum absolute atomic E-state index is 12.4. The van der Waals surface area contributed by atoms with E-state index in [1.54, 1.807) is 0 Å². The van der Waals surface area contributed by atoms with Crippen LogP contribution in [-0.2, 0) is 4.74 Å². The van der Waals surface area contributed by atoms with Crippen LogP contribution in [0.25, 0.3) is 0 Å².